The number of fused-ring (bicyclic) bond motifs is 1. The molecule has 1 aliphatic heterocycles. The van der Waals surface area contributed by atoms with E-state index in [0.717, 1.165) is 62.7 Å². The van der Waals surface area contributed by atoms with Crippen LogP contribution in [0, 0.1) is 6.92 Å². The number of nitrogens with zero attached hydrogens (tertiary/aromatic N) is 3. The van der Waals surface area contributed by atoms with Gasteiger partial charge in [-0.1, -0.05) is 0 Å². The number of ether oxygens (including phenoxy) is 2. The summed E-state index contributed by atoms with van der Waals surface area (Å²) < 4.78 is 13.0. The zero-order valence-corrected chi connectivity index (χ0v) is 12.4. The number of aromatic nitrogens is 3. The fourth-order valence-corrected chi connectivity index (χ4v) is 2.55. The maximum absolute atomic E-state index is 5.64. The predicted octanol–water partition coefficient (Wildman–Crippen LogP) is 2.04. The van der Waals surface area contributed by atoms with Crippen molar-refractivity contribution in [3.63, 3.8) is 0 Å². The van der Waals surface area contributed by atoms with Crippen LogP contribution in [0.3, 0.4) is 0 Å². The highest BCUT2D eigenvalue weighted by Gasteiger charge is 2.14. The Bertz CT molecular complexity index is 578. The fraction of sp³-hybridized carbons (Fsp3) is 0.600. The maximum Gasteiger partial charge on any atom is 0.152 e. The highest BCUT2D eigenvalue weighted by Crippen LogP contribution is 2.14. The topological polar surface area (TPSA) is 60.7 Å². The van der Waals surface area contributed by atoms with Crippen molar-refractivity contribution in [2.75, 3.05) is 31.7 Å². The lowest BCUT2D eigenvalue weighted by Gasteiger charge is -2.10. The Kier molecular flexibility index (Phi) is 4.67. The first-order valence-electron chi connectivity index (χ1n) is 7.57. The molecule has 1 N–H and O–H groups in total. The van der Waals surface area contributed by atoms with E-state index in [4.69, 9.17) is 9.47 Å². The number of hydrogen-bond donors (Lipinski definition) is 1. The quantitative estimate of drug-likeness (QED) is 0.791. The molecular formula is C15H22N4O2. The minimum absolute atomic E-state index is 0.308. The molecule has 0 saturated carbocycles. The van der Waals surface area contributed by atoms with Crippen LogP contribution in [0.15, 0.2) is 18.5 Å². The Morgan fingerprint density at radius 3 is 3.33 bits per heavy atom. The van der Waals surface area contributed by atoms with Crippen molar-refractivity contribution >= 4 is 11.3 Å². The second-order valence-electron chi connectivity index (χ2n) is 5.38. The van der Waals surface area contributed by atoms with Gasteiger partial charge in [0.1, 0.15) is 5.52 Å². The molecule has 1 unspecified atom stereocenters. The molecule has 114 valence electrons. The van der Waals surface area contributed by atoms with E-state index >= 15 is 0 Å². The summed E-state index contributed by atoms with van der Waals surface area (Å²) in [6.07, 6.45) is 7.17. The predicted molar refractivity (Wildman–Crippen MR) is 80.6 cm³/mol. The van der Waals surface area contributed by atoms with Gasteiger partial charge in [0.15, 0.2) is 5.82 Å². The molecule has 3 rings (SSSR count). The summed E-state index contributed by atoms with van der Waals surface area (Å²) in [6, 6.07) is 2.03. The average molecular weight is 290 g/mol. The number of anilines is 1. The van der Waals surface area contributed by atoms with Crippen molar-refractivity contribution in [1.82, 2.24) is 14.6 Å². The van der Waals surface area contributed by atoms with E-state index in [9.17, 15) is 0 Å². The first-order chi connectivity index (χ1) is 10.3. The largest absolute Gasteiger partial charge is 0.379 e. The normalized spacial score (nSPS) is 18.4. The van der Waals surface area contributed by atoms with Gasteiger partial charge >= 0.3 is 0 Å². The summed E-state index contributed by atoms with van der Waals surface area (Å²) in [5, 5.41) is 7.72. The van der Waals surface area contributed by atoms with Gasteiger partial charge in [0, 0.05) is 32.2 Å². The molecule has 1 aliphatic rings. The average Bonchev–Trinajstić information content (AvgIpc) is 3.11. The molecule has 1 saturated heterocycles. The van der Waals surface area contributed by atoms with Crippen LogP contribution in [0.5, 0.6) is 0 Å². The van der Waals surface area contributed by atoms with E-state index in [2.05, 4.69) is 15.4 Å². The van der Waals surface area contributed by atoms with Crippen molar-refractivity contribution in [1.29, 1.82) is 0 Å². The van der Waals surface area contributed by atoms with Gasteiger partial charge in [-0.05, 0) is 32.3 Å². The fourth-order valence-electron chi connectivity index (χ4n) is 2.55. The third-order valence-electron chi connectivity index (χ3n) is 3.60. The summed E-state index contributed by atoms with van der Waals surface area (Å²) >= 11 is 0. The van der Waals surface area contributed by atoms with Gasteiger partial charge in [-0.25, -0.2) is 9.50 Å². The molecule has 0 radical (unpaired) electrons. The van der Waals surface area contributed by atoms with Crippen molar-refractivity contribution in [2.24, 2.45) is 0 Å². The lowest BCUT2D eigenvalue weighted by molar-refractivity contribution is 0.0172. The molecule has 1 fully saturated rings. The molecule has 0 aromatic carbocycles. The van der Waals surface area contributed by atoms with Gasteiger partial charge in [-0.15, -0.1) is 0 Å². The molecule has 6 nitrogen and oxygen atoms in total. The third-order valence-corrected chi connectivity index (χ3v) is 3.60. The second kappa shape index (κ2) is 6.87. The standard InChI is InChI=1S/C15H22N4O2/c1-12-10-14-15(17-6-7-19(14)18-12)16-5-3-8-20-11-13-4-2-9-21-13/h6-7,10,13H,2-5,8-9,11H2,1H3,(H,16,17). The SMILES string of the molecule is Cc1cc2c(NCCCOCC3CCCO3)nccn2n1. The number of aryl methyl sites for hydroxylation is 1. The van der Waals surface area contributed by atoms with E-state index in [1.165, 1.54) is 0 Å². The van der Waals surface area contributed by atoms with Crippen LogP contribution in [0.2, 0.25) is 0 Å². The van der Waals surface area contributed by atoms with Crippen LogP contribution < -0.4 is 5.32 Å². The molecule has 0 bridgehead atoms. The van der Waals surface area contributed by atoms with Gasteiger partial charge < -0.3 is 14.8 Å². The lowest BCUT2D eigenvalue weighted by Crippen LogP contribution is -2.16. The van der Waals surface area contributed by atoms with Crippen molar-refractivity contribution in [3.05, 3.63) is 24.2 Å². The van der Waals surface area contributed by atoms with Gasteiger partial charge in [-0.3, -0.25) is 0 Å². The van der Waals surface area contributed by atoms with Gasteiger partial charge in [0.05, 0.1) is 18.4 Å². The van der Waals surface area contributed by atoms with E-state index in [0.29, 0.717) is 6.10 Å². The zero-order valence-electron chi connectivity index (χ0n) is 12.4. The van der Waals surface area contributed by atoms with Crippen molar-refractivity contribution in [2.45, 2.75) is 32.3 Å². The molecule has 6 heteroatoms. The van der Waals surface area contributed by atoms with E-state index in [-0.39, 0.29) is 0 Å². The Labute approximate surface area is 124 Å². The molecule has 0 amide bonds. The Hall–Kier alpha value is -1.66. The van der Waals surface area contributed by atoms with Gasteiger partial charge in [-0.2, -0.15) is 5.10 Å². The summed E-state index contributed by atoms with van der Waals surface area (Å²) in [4.78, 5) is 4.37. The summed E-state index contributed by atoms with van der Waals surface area (Å²) in [6.45, 7) is 5.16. The monoisotopic (exact) mass is 290 g/mol. The number of hydrogen-bond acceptors (Lipinski definition) is 5. The van der Waals surface area contributed by atoms with Crippen LogP contribution in [-0.2, 0) is 9.47 Å². The molecular weight excluding hydrogens is 268 g/mol. The van der Waals surface area contributed by atoms with Crippen molar-refractivity contribution in [3.8, 4) is 0 Å². The van der Waals surface area contributed by atoms with E-state index < -0.39 is 0 Å². The highest BCUT2D eigenvalue weighted by atomic mass is 16.5. The molecule has 0 spiro atoms. The second-order valence-corrected chi connectivity index (χ2v) is 5.38. The molecule has 1 atom stereocenters. The molecule has 3 heterocycles. The van der Waals surface area contributed by atoms with Crippen LogP contribution in [0.25, 0.3) is 5.52 Å². The van der Waals surface area contributed by atoms with Crippen LogP contribution in [0.4, 0.5) is 5.82 Å². The van der Waals surface area contributed by atoms with E-state index in [1.54, 1.807) is 6.20 Å². The summed E-state index contributed by atoms with van der Waals surface area (Å²) in [5.74, 6) is 0.872. The minimum atomic E-state index is 0.308. The van der Waals surface area contributed by atoms with Crippen LogP contribution in [-0.4, -0.2) is 47.1 Å². The molecule has 0 aliphatic carbocycles. The molecule has 2 aromatic heterocycles. The number of nitrogens with one attached hydrogen (secondary N) is 1. The Morgan fingerprint density at radius 1 is 1.52 bits per heavy atom. The highest BCUT2D eigenvalue weighted by molar-refractivity contribution is 5.67. The molecule has 21 heavy (non-hydrogen) atoms. The smallest absolute Gasteiger partial charge is 0.152 e. The summed E-state index contributed by atoms with van der Waals surface area (Å²) in [7, 11) is 0. The molecule has 2 aromatic rings. The lowest BCUT2D eigenvalue weighted by atomic mass is 10.2. The first-order valence-corrected chi connectivity index (χ1v) is 7.57. The van der Waals surface area contributed by atoms with Crippen LogP contribution in [0.1, 0.15) is 25.0 Å². The Balaban J connectivity index is 1.40. The van der Waals surface area contributed by atoms with Crippen molar-refractivity contribution < 1.29 is 9.47 Å². The minimum Gasteiger partial charge on any atom is -0.379 e. The van der Waals surface area contributed by atoms with Gasteiger partial charge in [0.25, 0.3) is 0 Å². The van der Waals surface area contributed by atoms with Crippen LogP contribution >= 0.6 is 0 Å². The summed E-state index contributed by atoms with van der Waals surface area (Å²) in [5.41, 5.74) is 2.00. The van der Waals surface area contributed by atoms with E-state index in [1.807, 2.05) is 23.7 Å². The zero-order chi connectivity index (χ0) is 14.5. The van der Waals surface area contributed by atoms with Gasteiger partial charge in [0.2, 0.25) is 0 Å². The number of rotatable bonds is 7. The third kappa shape index (κ3) is 3.71. The Morgan fingerprint density at radius 2 is 2.48 bits per heavy atom. The first kappa shape index (κ1) is 14.3. The maximum atomic E-state index is 5.64.